The van der Waals surface area contributed by atoms with E-state index in [2.05, 4.69) is 45.6 Å². The van der Waals surface area contributed by atoms with Gasteiger partial charge in [0.15, 0.2) is 0 Å². The van der Waals surface area contributed by atoms with Crippen LogP contribution in [-0.4, -0.2) is 73.3 Å². The molecule has 9 nitrogen and oxygen atoms in total. The molecule has 1 aliphatic heterocycles. The Bertz CT molecular complexity index is 1180. The molecule has 35 heavy (non-hydrogen) atoms. The Morgan fingerprint density at radius 2 is 2.06 bits per heavy atom. The van der Waals surface area contributed by atoms with Gasteiger partial charge in [0.25, 0.3) is 0 Å². The summed E-state index contributed by atoms with van der Waals surface area (Å²) in [5, 5.41) is 23.0. The smallest absolute Gasteiger partial charge is 0.241 e. The van der Waals surface area contributed by atoms with Crippen LogP contribution in [0.2, 0.25) is 0 Å². The Hall–Kier alpha value is -2.91. The van der Waals surface area contributed by atoms with Crippen molar-refractivity contribution in [3.63, 3.8) is 0 Å². The summed E-state index contributed by atoms with van der Waals surface area (Å²) >= 11 is 0. The standard InChI is InChI=1S/C26H37N7O2/c1-17(2)31-10-9-21(15-31)32-14-20(12-28-32)23-11-24(19-5-7-22(34)8-6-19)33-25(23)13-27-26(30-33)29-18(3)16-35-4/h11-14,18-19,21-22,34H,1,5-10,15-16H2,2-4H3,(H,29,30)/t18-,19?,21-,22?/m0/s1. The van der Waals surface area contributed by atoms with E-state index in [1.165, 1.54) is 5.69 Å². The van der Waals surface area contributed by atoms with Gasteiger partial charge in [-0.25, -0.2) is 9.50 Å². The van der Waals surface area contributed by atoms with Gasteiger partial charge in [0.2, 0.25) is 5.95 Å². The number of aliphatic hydroxyl groups excluding tert-OH is 1. The molecule has 0 amide bonds. The lowest BCUT2D eigenvalue weighted by Gasteiger charge is -2.25. The molecule has 0 aromatic carbocycles. The minimum absolute atomic E-state index is 0.101. The van der Waals surface area contributed by atoms with E-state index in [0.717, 1.165) is 67.5 Å². The van der Waals surface area contributed by atoms with Crippen LogP contribution in [0.4, 0.5) is 5.95 Å². The van der Waals surface area contributed by atoms with Crippen LogP contribution in [0.1, 0.15) is 63.6 Å². The van der Waals surface area contributed by atoms with Crippen molar-refractivity contribution in [2.75, 3.05) is 32.1 Å². The lowest BCUT2D eigenvalue weighted by atomic mass is 9.85. The van der Waals surface area contributed by atoms with E-state index in [0.29, 0.717) is 24.5 Å². The van der Waals surface area contributed by atoms with Crippen LogP contribution in [0.15, 0.2) is 36.9 Å². The summed E-state index contributed by atoms with van der Waals surface area (Å²) in [6.07, 6.45) is 10.5. The van der Waals surface area contributed by atoms with Crippen LogP contribution >= 0.6 is 0 Å². The number of nitrogens with zero attached hydrogens (tertiary/aromatic N) is 6. The fourth-order valence-corrected chi connectivity index (χ4v) is 5.47. The Morgan fingerprint density at radius 1 is 1.26 bits per heavy atom. The molecule has 9 heteroatoms. The van der Waals surface area contributed by atoms with E-state index >= 15 is 0 Å². The molecule has 3 aromatic rings. The third kappa shape index (κ3) is 4.92. The summed E-state index contributed by atoms with van der Waals surface area (Å²) in [7, 11) is 1.69. The molecule has 1 aliphatic carbocycles. The highest BCUT2D eigenvalue weighted by molar-refractivity contribution is 5.81. The molecule has 3 aromatic heterocycles. The summed E-state index contributed by atoms with van der Waals surface area (Å²) in [6.45, 7) is 10.7. The molecule has 0 radical (unpaired) electrons. The Labute approximate surface area is 206 Å². The Morgan fingerprint density at radius 3 is 2.77 bits per heavy atom. The first kappa shape index (κ1) is 23.8. The highest BCUT2D eigenvalue weighted by atomic mass is 16.5. The second kappa shape index (κ2) is 9.99. The maximum absolute atomic E-state index is 10.0. The zero-order valence-corrected chi connectivity index (χ0v) is 21.0. The first-order valence-electron chi connectivity index (χ1n) is 12.7. The molecule has 0 bridgehead atoms. The van der Waals surface area contributed by atoms with E-state index in [-0.39, 0.29) is 12.1 Å². The second-order valence-corrected chi connectivity index (χ2v) is 10.2. The van der Waals surface area contributed by atoms with Crippen LogP contribution in [0.25, 0.3) is 16.6 Å². The van der Waals surface area contributed by atoms with Crippen molar-refractivity contribution in [3.05, 3.63) is 42.6 Å². The molecule has 0 spiro atoms. The average molecular weight is 480 g/mol. The fourth-order valence-electron chi connectivity index (χ4n) is 5.47. The number of ether oxygens (including phenoxy) is 1. The van der Waals surface area contributed by atoms with Crippen LogP contribution in [0.5, 0.6) is 0 Å². The first-order valence-corrected chi connectivity index (χ1v) is 12.7. The van der Waals surface area contributed by atoms with Gasteiger partial charge < -0.3 is 20.1 Å². The fraction of sp³-hybridized carbons (Fsp3) is 0.577. The predicted octanol–water partition coefficient (Wildman–Crippen LogP) is 3.84. The molecule has 4 heterocycles. The highest BCUT2D eigenvalue weighted by Gasteiger charge is 2.27. The van der Waals surface area contributed by atoms with E-state index in [9.17, 15) is 5.11 Å². The maximum atomic E-state index is 10.0. The number of rotatable bonds is 8. The first-order chi connectivity index (χ1) is 16.9. The summed E-state index contributed by atoms with van der Waals surface area (Å²) in [6, 6.07) is 2.71. The van der Waals surface area contributed by atoms with Gasteiger partial charge in [-0.15, -0.1) is 5.10 Å². The maximum Gasteiger partial charge on any atom is 0.241 e. The van der Waals surface area contributed by atoms with Crippen molar-refractivity contribution in [2.45, 2.75) is 70.1 Å². The second-order valence-electron chi connectivity index (χ2n) is 10.2. The van der Waals surface area contributed by atoms with Crippen molar-refractivity contribution in [1.82, 2.24) is 29.3 Å². The van der Waals surface area contributed by atoms with Crippen LogP contribution < -0.4 is 5.32 Å². The summed E-state index contributed by atoms with van der Waals surface area (Å²) in [5.74, 6) is 0.940. The van der Waals surface area contributed by atoms with E-state index in [1.807, 2.05) is 23.8 Å². The largest absolute Gasteiger partial charge is 0.393 e. The van der Waals surface area contributed by atoms with Crippen LogP contribution in [0.3, 0.4) is 0 Å². The molecular formula is C26H37N7O2. The van der Waals surface area contributed by atoms with Crippen LogP contribution in [-0.2, 0) is 4.74 Å². The summed E-state index contributed by atoms with van der Waals surface area (Å²) < 4.78 is 9.40. The lowest BCUT2D eigenvalue weighted by Crippen LogP contribution is -2.23. The molecule has 2 aliphatic rings. The molecule has 1 saturated carbocycles. The highest BCUT2D eigenvalue weighted by Crippen LogP contribution is 2.38. The zero-order valence-electron chi connectivity index (χ0n) is 21.0. The molecule has 1 saturated heterocycles. The van der Waals surface area contributed by atoms with Crippen molar-refractivity contribution in [1.29, 1.82) is 0 Å². The molecule has 5 rings (SSSR count). The van der Waals surface area contributed by atoms with Gasteiger partial charge in [-0.1, -0.05) is 6.58 Å². The van der Waals surface area contributed by atoms with E-state index in [1.54, 1.807) is 7.11 Å². The third-order valence-corrected chi connectivity index (χ3v) is 7.44. The average Bonchev–Trinajstić information content (AvgIpc) is 3.58. The monoisotopic (exact) mass is 479 g/mol. The minimum Gasteiger partial charge on any atom is -0.393 e. The third-order valence-electron chi connectivity index (χ3n) is 7.44. The number of aromatic nitrogens is 5. The van der Waals surface area contributed by atoms with Crippen molar-refractivity contribution in [3.8, 4) is 11.1 Å². The van der Waals surface area contributed by atoms with E-state index < -0.39 is 0 Å². The minimum atomic E-state index is -0.192. The number of fused-ring (bicyclic) bond motifs is 1. The van der Waals surface area contributed by atoms with Crippen molar-refractivity contribution >= 4 is 11.5 Å². The van der Waals surface area contributed by atoms with Crippen molar-refractivity contribution in [2.24, 2.45) is 0 Å². The topological polar surface area (TPSA) is 92.7 Å². The number of hydrogen-bond acceptors (Lipinski definition) is 7. The summed E-state index contributed by atoms with van der Waals surface area (Å²) in [4.78, 5) is 6.94. The van der Waals surface area contributed by atoms with Gasteiger partial charge >= 0.3 is 0 Å². The number of allylic oxidation sites excluding steroid dienone is 1. The molecule has 2 N–H and O–H groups in total. The van der Waals surface area contributed by atoms with Crippen LogP contribution in [0, 0.1) is 0 Å². The van der Waals surface area contributed by atoms with Crippen molar-refractivity contribution < 1.29 is 9.84 Å². The molecule has 0 unspecified atom stereocenters. The molecule has 188 valence electrons. The van der Waals surface area contributed by atoms with Gasteiger partial charge in [0.05, 0.1) is 36.7 Å². The number of aliphatic hydroxyl groups is 1. The van der Waals surface area contributed by atoms with E-state index in [4.69, 9.17) is 14.9 Å². The molecule has 2 fully saturated rings. The van der Waals surface area contributed by atoms with Gasteiger partial charge in [0.1, 0.15) is 0 Å². The number of methoxy groups -OCH3 is 1. The Kier molecular flexibility index (Phi) is 6.80. The predicted molar refractivity (Wildman–Crippen MR) is 136 cm³/mol. The quantitative estimate of drug-likeness (QED) is 0.507. The van der Waals surface area contributed by atoms with Gasteiger partial charge in [-0.2, -0.15) is 5.10 Å². The summed E-state index contributed by atoms with van der Waals surface area (Å²) in [5.41, 5.74) is 5.44. The number of nitrogens with one attached hydrogen (secondary N) is 1. The Balaban J connectivity index is 1.48. The zero-order chi connectivity index (χ0) is 24.5. The van der Waals surface area contributed by atoms with Gasteiger partial charge in [0, 0.05) is 60.9 Å². The number of anilines is 1. The lowest BCUT2D eigenvalue weighted by molar-refractivity contribution is 0.121. The number of hydrogen-bond donors (Lipinski definition) is 2. The SMILES string of the molecule is C=C(C)N1CC[C@H](n2cc(-c3cc(C4CCC(O)CC4)n4nc(N[C@@H](C)COC)ncc34)cn2)C1. The van der Waals surface area contributed by atoms with Gasteiger partial charge in [-0.05, 0) is 52.0 Å². The molecule has 2 atom stereocenters. The normalized spacial score (nSPS) is 23.7. The number of likely N-dealkylation sites (tertiary alicyclic amines) is 1. The van der Waals surface area contributed by atoms with Gasteiger partial charge in [-0.3, -0.25) is 4.68 Å². The molecular weight excluding hydrogens is 442 g/mol.